The Morgan fingerprint density at radius 1 is 1.30 bits per heavy atom. The second-order valence-electron chi connectivity index (χ2n) is 6.74. The molecule has 4 rings (SSSR count). The molecule has 1 atom stereocenters. The summed E-state index contributed by atoms with van der Waals surface area (Å²) < 4.78 is 3.59. The summed E-state index contributed by atoms with van der Waals surface area (Å²) in [5.74, 6) is 6.08. The van der Waals surface area contributed by atoms with Gasteiger partial charge < -0.3 is 15.3 Å². The predicted octanol–water partition coefficient (Wildman–Crippen LogP) is 0.250. The maximum absolute atomic E-state index is 13.4. The third kappa shape index (κ3) is 2.91. The molecule has 138 valence electrons. The van der Waals surface area contributed by atoms with E-state index in [9.17, 15) is 9.90 Å². The molecule has 1 aromatic heterocycles. The lowest BCUT2D eigenvalue weighted by Gasteiger charge is -2.17. The number of rotatable bonds is 3. The molecule has 6 nitrogen and oxygen atoms in total. The van der Waals surface area contributed by atoms with Crippen molar-refractivity contribution in [2.24, 2.45) is 0 Å². The molecule has 3 heterocycles. The highest BCUT2D eigenvalue weighted by atomic mass is 16.3. The molecule has 0 spiro atoms. The van der Waals surface area contributed by atoms with E-state index in [-0.39, 0.29) is 17.5 Å². The Kier molecular flexibility index (Phi) is 4.28. The van der Waals surface area contributed by atoms with Gasteiger partial charge in [0.2, 0.25) is 0 Å². The molecule has 0 bridgehead atoms. The van der Waals surface area contributed by atoms with Crippen LogP contribution in [0.1, 0.15) is 19.4 Å². The van der Waals surface area contributed by atoms with Crippen LogP contribution in [0.5, 0.6) is 5.75 Å². The number of imidazole rings is 1. The summed E-state index contributed by atoms with van der Waals surface area (Å²) >= 11 is 0. The van der Waals surface area contributed by atoms with Crippen molar-refractivity contribution in [2.75, 3.05) is 19.6 Å². The van der Waals surface area contributed by atoms with Gasteiger partial charge in [0.1, 0.15) is 5.75 Å². The first-order valence-corrected chi connectivity index (χ1v) is 9.03. The van der Waals surface area contributed by atoms with Crippen LogP contribution in [0.2, 0.25) is 0 Å². The molecule has 0 radical (unpaired) electrons. The summed E-state index contributed by atoms with van der Waals surface area (Å²) in [5.41, 5.74) is 1.47. The Labute approximate surface area is 157 Å². The zero-order valence-electron chi connectivity index (χ0n) is 15.3. The largest absolute Gasteiger partial charge is 0.508 e. The third-order valence-electron chi connectivity index (χ3n) is 5.10. The molecule has 2 aromatic rings. The first-order chi connectivity index (χ1) is 13.1. The molecule has 0 saturated carbocycles. The van der Waals surface area contributed by atoms with Crippen molar-refractivity contribution in [1.29, 1.82) is 0 Å². The lowest BCUT2D eigenvalue weighted by molar-refractivity contribution is 0.409. The van der Waals surface area contributed by atoms with Crippen molar-refractivity contribution in [3.8, 4) is 23.3 Å². The molecule has 27 heavy (non-hydrogen) atoms. The molecule has 1 fully saturated rings. The smallest absolute Gasteiger partial charge is 0.334 e. The van der Waals surface area contributed by atoms with Crippen molar-refractivity contribution in [2.45, 2.75) is 19.4 Å². The Hall–Kier alpha value is -3.33. The number of nitrogens with zero attached hydrogens (tertiary/aromatic N) is 3. The fourth-order valence-electron chi connectivity index (χ4n) is 3.83. The number of allylic oxidation sites excluding steroid dienone is 1. The number of fused-ring (bicyclic) bond motifs is 1. The number of hydrogen-bond acceptors (Lipinski definition) is 4. The highest BCUT2D eigenvalue weighted by molar-refractivity contribution is 5.41. The summed E-state index contributed by atoms with van der Waals surface area (Å²) in [6.07, 6.45) is 4.81. The Morgan fingerprint density at radius 3 is 2.81 bits per heavy atom. The van der Waals surface area contributed by atoms with E-state index in [0.29, 0.717) is 6.54 Å². The molecule has 1 aromatic carbocycles. The van der Waals surface area contributed by atoms with E-state index in [1.165, 1.54) is 0 Å². The quantitative estimate of drug-likeness (QED) is 0.769. The number of aromatic hydroxyl groups is 1. The first-order valence-electron chi connectivity index (χ1n) is 9.03. The van der Waals surface area contributed by atoms with Crippen LogP contribution in [-0.4, -0.2) is 38.8 Å². The summed E-state index contributed by atoms with van der Waals surface area (Å²) in [4.78, 5) is 15.5. The molecule has 2 aliphatic heterocycles. The van der Waals surface area contributed by atoms with E-state index in [4.69, 9.17) is 0 Å². The minimum atomic E-state index is -0.0686. The van der Waals surface area contributed by atoms with Gasteiger partial charge in [0.25, 0.3) is 0 Å². The van der Waals surface area contributed by atoms with Crippen LogP contribution in [0.25, 0.3) is 18.0 Å². The van der Waals surface area contributed by atoms with Gasteiger partial charge in [-0.05, 0) is 43.7 Å². The summed E-state index contributed by atoms with van der Waals surface area (Å²) in [6.45, 7) is 8.09. The van der Waals surface area contributed by atoms with Gasteiger partial charge in [-0.15, -0.1) is 0 Å². The maximum Gasteiger partial charge on any atom is 0.334 e. The first kappa shape index (κ1) is 17.1. The molecule has 6 heteroatoms. The molecule has 0 unspecified atom stereocenters. The van der Waals surface area contributed by atoms with Gasteiger partial charge in [0.15, 0.2) is 0 Å². The minimum Gasteiger partial charge on any atom is -0.508 e. The standard InChI is InChI=1S/C21H22N4O2/c1-3-4-15(2)23-12-10-17(14-23)25-19-9-11-22-13-20(19)24(21(25)27)16-5-7-18(26)8-6-16/h5-9,13,17,22,26H,2,10-12,14H2,1H3/t17-/m1/s1. The van der Waals surface area contributed by atoms with E-state index in [1.54, 1.807) is 35.8 Å². The molecule has 2 N–H and O–H groups in total. The van der Waals surface area contributed by atoms with Gasteiger partial charge >= 0.3 is 5.69 Å². The number of phenolic OH excluding ortho intramolecular Hbond substituents is 1. The van der Waals surface area contributed by atoms with E-state index >= 15 is 0 Å². The van der Waals surface area contributed by atoms with Crippen molar-refractivity contribution in [3.63, 3.8) is 0 Å². The highest BCUT2D eigenvalue weighted by Crippen LogP contribution is 2.22. The van der Waals surface area contributed by atoms with Crippen molar-refractivity contribution in [3.05, 3.63) is 57.7 Å². The fraction of sp³-hybridized carbons (Fsp3) is 0.286. The van der Waals surface area contributed by atoms with Gasteiger partial charge in [-0.3, -0.25) is 9.13 Å². The van der Waals surface area contributed by atoms with Gasteiger partial charge in [0.05, 0.1) is 28.1 Å². The van der Waals surface area contributed by atoms with E-state index < -0.39 is 0 Å². The molecular formula is C21H22N4O2. The fourth-order valence-corrected chi connectivity index (χ4v) is 3.83. The van der Waals surface area contributed by atoms with Crippen molar-refractivity contribution >= 4 is 12.3 Å². The summed E-state index contributed by atoms with van der Waals surface area (Å²) in [5, 5.41) is 14.5. The topological polar surface area (TPSA) is 62.4 Å². The average molecular weight is 362 g/mol. The Bertz CT molecular complexity index is 1130. The van der Waals surface area contributed by atoms with Gasteiger partial charge in [-0.25, -0.2) is 4.79 Å². The van der Waals surface area contributed by atoms with E-state index in [0.717, 1.165) is 41.6 Å². The molecule has 1 saturated heterocycles. The van der Waals surface area contributed by atoms with Crippen LogP contribution in [-0.2, 0) is 0 Å². The van der Waals surface area contributed by atoms with E-state index in [2.05, 4.69) is 34.7 Å². The number of phenols is 1. The van der Waals surface area contributed by atoms with Crippen molar-refractivity contribution < 1.29 is 5.11 Å². The van der Waals surface area contributed by atoms with Crippen LogP contribution >= 0.6 is 0 Å². The number of nitrogens with one attached hydrogen (secondary N) is 1. The summed E-state index contributed by atoms with van der Waals surface area (Å²) in [6, 6.07) is 6.77. The van der Waals surface area contributed by atoms with Gasteiger partial charge in [-0.1, -0.05) is 18.4 Å². The third-order valence-corrected chi connectivity index (χ3v) is 5.10. The van der Waals surface area contributed by atoms with Crippen LogP contribution in [0.4, 0.5) is 0 Å². The minimum absolute atomic E-state index is 0.0686. The normalized spacial score (nSPS) is 17.8. The molecule has 0 aliphatic carbocycles. The zero-order valence-corrected chi connectivity index (χ0v) is 15.3. The number of benzene rings is 1. The second kappa shape index (κ2) is 6.76. The Balaban J connectivity index is 1.82. The van der Waals surface area contributed by atoms with Crippen molar-refractivity contribution in [1.82, 2.24) is 19.4 Å². The monoisotopic (exact) mass is 362 g/mol. The average Bonchev–Trinajstić information content (AvgIpc) is 3.25. The Morgan fingerprint density at radius 2 is 2.07 bits per heavy atom. The van der Waals surface area contributed by atoms with Crippen LogP contribution in [0.15, 0.2) is 41.3 Å². The van der Waals surface area contributed by atoms with Crippen LogP contribution in [0.3, 0.4) is 0 Å². The maximum atomic E-state index is 13.4. The summed E-state index contributed by atoms with van der Waals surface area (Å²) in [7, 11) is 0. The van der Waals surface area contributed by atoms with Crippen LogP contribution in [0, 0.1) is 11.8 Å². The van der Waals surface area contributed by atoms with E-state index in [1.807, 2.05) is 10.8 Å². The predicted molar refractivity (Wildman–Crippen MR) is 106 cm³/mol. The molecule has 0 amide bonds. The van der Waals surface area contributed by atoms with Gasteiger partial charge in [-0.2, -0.15) is 0 Å². The molecule has 2 aliphatic rings. The number of aromatic nitrogens is 2. The zero-order chi connectivity index (χ0) is 19.0. The molecular weight excluding hydrogens is 340 g/mol. The highest BCUT2D eigenvalue weighted by Gasteiger charge is 2.28. The van der Waals surface area contributed by atoms with Crippen LogP contribution < -0.4 is 21.7 Å². The number of likely N-dealkylation sites (tertiary alicyclic amines) is 1. The lowest BCUT2D eigenvalue weighted by atomic mass is 10.2. The SMILES string of the molecule is C=C(C#CC)N1CC[C@@H](n2c3c(n(-c4ccc(O)cc4)c2=O)=CNCC=3)C1. The van der Waals surface area contributed by atoms with Gasteiger partial charge in [0, 0.05) is 25.8 Å². The number of hydrogen-bond donors (Lipinski definition) is 2. The lowest BCUT2D eigenvalue weighted by Crippen LogP contribution is -2.40. The second-order valence-corrected chi connectivity index (χ2v) is 6.74.